The molecule has 90 valence electrons. The van der Waals surface area contributed by atoms with Gasteiger partial charge in [0.2, 0.25) is 5.78 Å². The maximum absolute atomic E-state index is 4.64. The molecule has 3 heteroatoms. The highest BCUT2D eigenvalue weighted by Crippen LogP contribution is 2.23. The number of hydrogen-bond acceptors (Lipinski definition) is 1. The number of aryl methyl sites for hydroxylation is 2. The molecule has 0 bridgehead atoms. The molecule has 3 rings (SSSR count). The van der Waals surface area contributed by atoms with Gasteiger partial charge in [0.05, 0.1) is 22.4 Å². The van der Waals surface area contributed by atoms with Gasteiger partial charge in [0.1, 0.15) is 0 Å². The van der Waals surface area contributed by atoms with Crippen LogP contribution in [-0.2, 0) is 7.05 Å². The molecule has 0 aliphatic carbocycles. The number of hydrogen-bond donors (Lipinski definition) is 0. The number of nitrogens with zero attached hydrogens (tertiary/aromatic N) is 3. The Morgan fingerprint density at radius 1 is 1.22 bits per heavy atom. The van der Waals surface area contributed by atoms with Crippen LogP contribution < -0.4 is 0 Å². The van der Waals surface area contributed by atoms with E-state index in [1.807, 2.05) is 26.1 Å². The maximum atomic E-state index is 4.64. The lowest BCUT2D eigenvalue weighted by Gasteiger charge is -1.96. The van der Waals surface area contributed by atoms with E-state index in [9.17, 15) is 0 Å². The normalized spacial score (nSPS) is 11.9. The Morgan fingerprint density at radius 2 is 1.94 bits per heavy atom. The molecule has 0 atom stereocenters. The van der Waals surface area contributed by atoms with Crippen LogP contribution in [0.2, 0.25) is 0 Å². The number of fused-ring (bicyclic) bond motifs is 3. The first kappa shape index (κ1) is 10.8. The average molecular weight is 237 g/mol. The fraction of sp³-hybridized carbons (Fsp3) is 0.133. The molecule has 2 aromatic heterocycles. The molecular weight excluding hydrogens is 222 g/mol. The van der Waals surface area contributed by atoms with Gasteiger partial charge in [0, 0.05) is 7.05 Å². The zero-order valence-corrected chi connectivity index (χ0v) is 10.6. The highest BCUT2D eigenvalue weighted by Gasteiger charge is 2.13. The summed E-state index contributed by atoms with van der Waals surface area (Å²) in [6.45, 7) is 5.75. The minimum absolute atomic E-state index is 0.970. The molecule has 0 saturated heterocycles. The van der Waals surface area contributed by atoms with Crippen LogP contribution in [0.4, 0.5) is 0 Å². The van der Waals surface area contributed by atoms with E-state index in [0.29, 0.717) is 0 Å². The Hall–Kier alpha value is -2.29. The number of allylic oxidation sites excluding steroid dienone is 2. The van der Waals surface area contributed by atoms with E-state index in [1.54, 1.807) is 6.08 Å². The van der Waals surface area contributed by atoms with Crippen LogP contribution in [0.3, 0.4) is 0 Å². The van der Waals surface area contributed by atoms with Crippen molar-refractivity contribution in [1.82, 2.24) is 14.0 Å². The molecule has 0 N–H and O–H groups in total. The molecule has 0 unspecified atom stereocenters. The number of para-hydroxylation sites is 2. The summed E-state index contributed by atoms with van der Waals surface area (Å²) >= 11 is 0. The first-order valence-corrected chi connectivity index (χ1v) is 5.95. The fourth-order valence-electron chi connectivity index (χ4n) is 2.39. The summed E-state index contributed by atoms with van der Waals surface area (Å²) in [6.07, 6.45) is 5.77. The summed E-state index contributed by atoms with van der Waals surface area (Å²) in [5.74, 6) is 0.970. The van der Waals surface area contributed by atoms with Crippen molar-refractivity contribution in [2.24, 2.45) is 7.05 Å². The molecule has 0 aliphatic rings. The molecule has 0 fully saturated rings. The van der Waals surface area contributed by atoms with Crippen molar-refractivity contribution >= 4 is 22.9 Å². The molecule has 0 aliphatic heterocycles. The lowest BCUT2D eigenvalue weighted by atomic mass is 10.3. The van der Waals surface area contributed by atoms with Crippen LogP contribution in [0.25, 0.3) is 22.9 Å². The number of aromatic nitrogens is 3. The summed E-state index contributed by atoms with van der Waals surface area (Å²) in [5, 5.41) is 0. The third kappa shape index (κ3) is 1.34. The van der Waals surface area contributed by atoms with Crippen molar-refractivity contribution in [3.8, 4) is 0 Å². The lowest BCUT2D eigenvalue weighted by Crippen LogP contribution is -1.88. The largest absolute Gasteiger partial charge is 0.313 e. The molecule has 0 amide bonds. The van der Waals surface area contributed by atoms with E-state index in [0.717, 1.165) is 17.2 Å². The van der Waals surface area contributed by atoms with Gasteiger partial charge in [-0.1, -0.05) is 30.9 Å². The van der Waals surface area contributed by atoms with Gasteiger partial charge in [0.15, 0.2) is 0 Å². The second-order valence-electron chi connectivity index (χ2n) is 4.36. The van der Waals surface area contributed by atoms with E-state index in [4.69, 9.17) is 0 Å². The predicted molar refractivity (Wildman–Crippen MR) is 75.6 cm³/mol. The summed E-state index contributed by atoms with van der Waals surface area (Å²) in [7, 11) is 2.05. The van der Waals surface area contributed by atoms with Gasteiger partial charge in [0.25, 0.3) is 0 Å². The molecule has 0 saturated carbocycles. The van der Waals surface area contributed by atoms with Crippen molar-refractivity contribution in [1.29, 1.82) is 0 Å². The van der Waals surface area contributed by atoms with Crippen LogP contribution in [0, 0.1) is 6.92 Å². The molecule has 0 spiro atoms. The SMILES string of the molecule is C=C/C=C\c1c(C)nc2n(C)c3ccccc3n12. The van der Waals surface area contributed by atoms with Crippen LogP contribution in [-0.4, -0.2) is 14.0 Å². The molecule has 3 nitrogen and oxygen atoms in total. The minimum atomic E-state index is 0.970. The Kier molecular flexibility index (Phi) is 2.33. The van der Waals surface area contributed by atoms with E-state index in [-0.39, 0.29) is 0 Å². The summed E-state index contributed by atoms with van der Waals surface area (Å²) in [5.41, 5.74) is 4.51. The highest BCUT2D eigenvalue weighted by atomic mass is 15.2. The van der Waals surface area contributed by atoms with E-state index >= 15 is 0 Å². The van der Waals surface area contributed by atoms with Crippen molar-refractivity contribution in [3.63, 3.8) is 0 Å². The zero-order chi connectivity index (χ0) is 12.7. The molecule has 3 aromatic rings. The van der Waals surface area contributed by atoms with Gasteiger partial charge >= 0.3 is 0 Å². The van der Waals surface area contributed by atoms with Crippen molar-refractivity contribution < 1.29 is 0 Å². The lowest BCUT2D eigenvalue weighted by molar-refractivity contribution is 0.967. The van der Waals surface area contributed by atoms with Gasteiger partial charge in [-0.25, -0.2) is 4.98 Å². The maximum Gasteiger partial charge on any atom is 0.215 e. The van der Waals surface area contributed by atoms with E-state index < -0.39 is 0 Å². The summed E-state index contributed by atoms with van der Waals surface area (Å²) in [6, 6.07) is 8.33. The predicted octanol–water partition coefficient (Wildman–Crippen LogP) is 3.33. The van der Waals surface area contributed by atoms with Crippen molar-refractivity contribution in [3.05, 3.63) is 54.4 Å². The average Bonchev–Trinajstić information content (AvgIpc) is 2.84. The van der Waals surface area contributed by atoms with Crippen molar-refractivity contribution in [2.75, 3.05) is 0 Å². The van der Waals surface area contributed by atoms with E-state index in [2.05, 4.69) is 44.8 Å². The highest BCUT2D eigenvalue weighted by molar-refractivity contribution is 5.82. The van der Waals surface area contributed by atoms with E-state index in [1.165, 1.54) is 11.0 Å². The van der Waals surface area contributed by atoms with Gasteiger partial charge in [-0.15, -0.1) is 0 Å². The summed E-state index contributed by atoms with van der Waals surface area (Å²) < 4.78 is 4.30. The van der Waals surface area contributed by atoms with Gasteiger partial charge in [-0.3, -0.25) is 4.40 Å². The van der Waals surface area contributed by atoms with Crippen LogP contribution in [0.5, 0.6) is 0 Å². The smallest absolute Gasteiger partial charge is 0.215 e. The standard InChI is InChI=1S/C15H15N3/c1-4-5-8-12-11(2)16-15-17(3)13-9-6-7-10-14(13)18(12)15/h4-10H,1H2,2-3H3/b8-5-. The number of rotatable bonds is 2. The van der Waals surface area contributed by atoms with Crippen molar-refractivity contribution in [2.45, 2.75) is 6.92 Å². The Morgan fingerprint density at radius 3 is 2.67 bits per heavy atom. The quantitative estimate of drug-likeness (QED) is 0.627. The van der Waals surface area contributed by atoms with Gasteiger partial charge in [-0.2, -0.15) is 0 Å². The minimum Gasteiger partial charge on any atom is -0.313 e. The van der Waals surface area contributed by atoms with Crippen LogP contribution >= 0.6 is 0 Å². The van der Waals surface area contributed by atoms with Crippen LogP contribution in [0.1, 0.15) is 11.4 Å². The Balaban J connectivity index is 2.49. The third-order valence-corrected chi connectivity index (χ3v) is 3.25. The summed E-state index contributed by atoms with van der Waals surface area (Å²) in [4.78, 5) is 4.64. The third-order valence-electron chi connectivity index (χ3n) is 3.25. The molecule has 1 aromatic carbocycles. The molecule has 18 heavy (non-hydrogen) atoms. The molecule has 0 radical (unpaired) electrons. The number of benzene rings is 1. The second kappa shape index (κ2) is 3.88. The molecular formula is C15H15N3. The van der Waals surface area contributed by atoms with Crippen LogP contribution in [0.15, 0.2) is 43.0 Å². The Bertz CT molecular complexity index is 772. The molecule has 2 heterocycles. The monoisotopic (exact) mass is 237 g/mol. The Labute approximate surface area is 106 Å². The zero-order valence-electron chi connectivity index (χ0n) is 10.6. The number of imidazole rings is 2. The fourth-order valence-corrected chi connectivity index (χ4v) is 2.39. The van der Waals surface area contributed by atoms with Gasteiger partial charge < -0.3 is 4.57 Å². The first-order valence-electron chi connectivity index (χ1n) is 5.95. The topological polar surface area (TPSA) is 22.2 Å². The first-order chi connectivity index (χ1) is 8.74. The van der Waals surface area contributed by atoms with Gasteiger partial charge in [-0.05, 0) is 25.1 Å². The second-order valence-corrected chi connectivity index (χ2v) is 4.36.